The van der Waals surface area contributed by atoms with Gasteiger partial charge in [0.2, 0.25) is 0 Å². The molecule has 0 aromatic carbocycles. The van der Waals surface area contributed by atoms with Gasteiger partial charge in [-0.2, -0.15) is 5.26 Å². The number of aromatic nitrogens is 1. The van der Waals surface area contributed by atoms with Crippen molar-refractivity contribution in [3.63, 3.8) is 0 Å². The normalized spacial score (nSPS) is 17.3. The van der Waals surface area contributed by atoms with E-state index in [0.717, 1.165) is 18.3 Å². The first-order valence-electron chi connectivity index (χ1n) is 6.56. The SMILES string of the molecule is CN1CCC(CCNc2ccc(C#N)cn2)CC1. The van der Waals surface area contributed by atoms with E-state index in [9.17, 15) is 0 Å². The van der Waals surface area contributed by atoms with E-state index in [2.05, 4.69) is 28.3 Å². The molecule has 1 saturated heterocycles. The van der Waals surface area contributed by atoms with Crippen molar-refractivity contribution in [1.82, 2.24) is 9.88 Å². The Hall–Kier alpha value is -1.60. The molecular formula is C14H20N4. The Morgan fingerprint density at radius 2 is 2.22 bits per heavy atom. The van der Waals surface area contributed by atoms with E-state index >= 15 is 0 Å². The van der Waals surface area contributed by atoms with Crippen molar-refractivity contribution in [3.05, 3.63) is 23.9 Å². The lowest BCUT2D eigenvalue weighted by molar-refractivity contribution is 0.215. The molecular weight excluding hydrogens is 224 g/mol. The minimum Gasteiger partial charge on any atom is -0.370 e. The maximum Gasteiger partial charge on any atom is 0.125 e. The first-order chi connectivity index (χ1) is 8.78. The summed E-state index contributed by atoms with van der Waals surface area (Å²) < 4.78 is 0. The molecule has 0 spiro atoms. The Morgan fingerprint density at radius 1 is 1.44 bits per heavy atom. The number of rotatable bonds is 4. The monoisotopic (exact) mass is 244 g/mol. The number of hydrogen-bond acceptors (Lipinski definition) is 4. The van der Waals surface area contributed by atoms with Gasteiger partial charge in [-0.1, -0.05) is 0 Å². The maximum absolute atomic E-state index is 8.68. The minimum absolute atomic E-state index is 0.607. The van der Waals surface area contributed by atoms with Gasteiger partial charge in [-0.15, -0.1) is 0 Å². The Kier molecular flexibility index (Phi) is 4.54. The summed E-state index contributed by atoms with van der Waals surface area (Å²) in [6.45, 7) is 3.41. The lowest BCUT2D eigenvalue weighted by atomic mass is 9.94. The van der Waals surface area contributed by atoms with Gasteiger partial charge in [0.15, 0.2) is 0 Å². The molecule has 2 heterocycles. The molecule has 0 amide bonds. The summed E-state index contributed by atoms with van der Waals surface area (Å²) in [5.41, 5.74) is 0.607. The van der Waals surface area contributed by atoms with Crippen LogP contribution in [-0.4, -0.2) is 36.6 Å². The second-order valence-corrected chi connectivity index (χ2v) is 5.01. The fraction of sp³-hybridized carbons (Fsp3) is 0.571. The quantitative estimate of drug-likeness (QED) is 0.881. The summed E-state index contributed by atoms with van der Waals surface area (Å²) in [4.78, 5) is 6.60. The van der Waals surface area contributed by atoms with Crippen LogP contribution < -0.4 is 5.32 Å². The molecule has 96 valence electrons. The summed E-state index contributed by atoms with van der Waals surface area (Å²) in [6.07, 6.45) is 5.42. The molecule has 18 heavy (non-hydrogen) atoms. The number of nitrogens with zero attached hydrogens (tertiary/aromatic N) is 3. The highest BCUT2D eigenvalue weighted by molar-refractivity contribution is 5.38. The van der Waals surface area contributed by atoms with Crippen LogP contribution in [0.25, 0.3) is 0 Å². The predicted octanol–water partition coefficient (Wildman–Crippen LogP) is 2.10. The maximum atomic E-state index is 8.68. The van der Waals surface area contributed by atoms with E-state index in [0.29, 0.717) is 5.56 Å². The molecule has 0 aliphatic carbocycles. The molecule has 2 rings (SSSR count). The highest BCUT2D eigenvalue weighted by Gasteiger charge is 2.15. The van der Waals surface area contributed by atoms with Gasteiger partial charge >= 0.3 is 0 Å². The minimum atomic E-state index is 0.607. The van der Waals surface area contributed by atoms with Gasteiger partial charge in [0.1, 0.15) is 11.9 Å². The molecule has 1 aliphatic rings. The van der Waals surface area contributed by atoms with E-state index in [1.54, 1.807) is 12.3 Å². The highest BCUT2D eigenvalue weighted by Crippen LogP contribution is 2.19. The van der Waals surface area contributed by atoms with Crippen molar-refractivity contribution in [2.75, 3.05) is 32.0 Å². The van der Waals surface area contributed by atoms with Gasteiger partial charge in [0, 0.05) is 12.7 Å². The first-order valence-corrected chi connectivity index (χ1v) is 6.56. The number of pyridine rings is 1. The van der Waals surface area contributed by atoms with Crippen LogP contribution in [0.5, 0.6) is 0 Å². The van der Waals surface area contributed by atoms with E-state index in [4.69, 9.17) is 5.26 Å². The van der Waals surface area contributed by atoms with Crippen LogP contribution in [0.2, 0.25) is 0 Å². The fourth-order valence-corrected chi connectivity index (χ4v) is 2.32. The molecule has 0 radical (unpaired) electrons. The average molecular weight is 244 g/mol. The highest BCUT2D eigenvalue weighted by atomic mass is 15.1. The number of hydrogen-bond donors (Lipinski definition) is 1. The summed E-state index contributed by atoms with van der Waals surface area (Å²) in [5, 5.41) is 12.0. The molecule has 0 atom stereocenters. The van der Waals surface area contributed by atoms with E-state index < -0.39 is 0 Å². The van der Waals surface area contributed by atoms with Crippen LogP contribution in [0.1, 0.15) is 24.8 Å². The van der Waals surface area contributed by atoms with Crippen LogP contribution in [0, 0.1) is 17.2 Å². The van der Waals surface area contributed by atoms with Crippen LogP contribution in [0.3, 0.4) is 0 Å². The lowest BCUT2D eigenvalue weighted by Crippen LogP contribution is -2.30. The molecule has 1 fully saturated rings. The molecule has 0 unspecified atom stereocenters. The van der Waals surface area contributed by atoms with Gasteiger partial charge in [-0.25, -0.2) is 4.98 Å². The molecule has 1 aromatic rings. The summed E-state index contributed by atoms with van der Waals surface area (Å²) >= 11 is 0. The van der Waals surface area contributed by atoms with Crippen LogP contribution in [-0.2, 0) is 0 Å². The van der Waals surface area contributed by atoms with Crippen LogP contribution in [0.15, 0.2) is 18.3 Å². The molecule has 1 aliphatic heterocycles. The molecule has 1 aromatic heterocycles. The Labute approximate surface area is 109 Å². The van der Waals surface area contributed by atoms with Crippen molar-refractivity contribution < 1.29 is 0 Å². The van der Waals surface area contributed by atoms with Crippen LogP contribution in [0.4, 0.5) is 5.82 Å². The Balaban J connectivity index is 1.70. The number of piperidine rings is 1. The standard InChI is InChI=1S/C14H20N4/c1-18-8-5-12(6-9-18)4-7-16-14-3-2-13(10-15)11-17-14/h2-3,11-12H,4-9H2,1H3,(H,16,17). The molecule has 0 saturated carbocycles. The summed E-state index contributed by atoms with van der Waals surface area (Å²) in [6, 6.07) is 5.74. The summed E-state index contributed by atoms with van der Waals surface area (Å²) in [5.74, 6) is 1.70. The second kappa shape index (κ2) is 6.36. The number of anilines is 1. The predicted molar refractivity (Wildman–Crippen MR) is 72.3 cm³/mol. The lowest BCUT2D eigenvalue weighted by Gasteiger charge is -2.28. The smallest absolute Gasteiger partial charge is 0.125 e. The zero-order chi connectivity index (χ0) is 12.8. The zero-order valence-corrected chi connectivity index (χ0v) is 10.9. The van der Waals surface area contributed by atoms with Gasteiger partial charge in [0.25, 0.3) is 0 Å². The third kappa shape index (κ3) is 3.71. The second-order valence-electron chi connectivity index (χ2n) is 5.01. The Morgan fingerprint density at radius 3 is 2.83 bits per heavy atom. The Bertz CT molecular complexity index is 399. The third-order valence-corrected chi connectivity index (χ3v) is 3.59. The number of nitrogens with one attached hydrogen (secondary N) is 1. The van der Waals surface area contributed by atoms with Crippen molar-refractivity contribution in [2.45, 2.75) is 19.3 Å². The van der Waals surface area contributed by atoms with Crippen LogP contribution >= 0.6 is 0 Å². The molecule has 4 heteroatoms. The molecule has 4 nitrogen and oxygen atoms in total. The first kappa shape index (κ1) is 12.8. The topological polar surface area (TPSA) is 52.0 Å². The molecule has 1 N–H and O–H groups in total. The van der Waals surface area contributed by atoms with E-state index in [1.165, 1.54) is 32.4 Å². The largest absolute Gasteiger partial charge is 0.370 e. The zero-order valence-electron chi connectivity index (χ0n) is 10.9. The van der Waals surface area contributed by atoms with Gasteiger partial charge < -0.3 is 10.2 Å². The van der Waals surface area contributed by atoms with Gasteiger partial charge in [0.05, 0.1) is 5.56 Å². The van der Waals surface area contributed by atoms with E-state index in [-0.39, 0.29) is 0 Å². The van der Waals surface area contributed by atoms with Gasteiger partial charge in [-0.05, 0) is 57.5 Å². The molecule has 0 bridgehead atoms. The fourth-order valence-electron chi connectivity index (χ4n) is 2.32. The van der Waals surface area contributed by atoms with Crippen molar-refractivity contribution in [3.8, 4) is 6.07 Å². The number of likely N-dealkylation sites (tertiary alicyclic amines) is 1. The van der Waals surface area contributed by atoms with Crippen molar-refractivity contribution >= 4 is 5.82 Å². The third-order valence-electron chi connectivity index (χ3n) is 3.59. The van der Waals surface area contributed by atoms with Gasteiger partial charge in [-0.3, -0.25) is 0 Å². The summed E-state index contributed by atoms with van der Waals surface area (Å²) in [7, 11) is 2.19. The number of nitriles is 1. The van der Waals surface area contributed by atoms with Crippen molar-refractivity contribution in [1.29, 1.82) is 5.26 Å². The van der Waals surface area contributed by atoms with Crippen molar-refractivity contribution in [2.24, 2.45) is 5.92 Å². The van der Waals surface area contributed by atoms with E-state index in [1.807, 2.05) is 6.07 Å². The average Bonchev–Trinajstić information content (AvgIpc) is 2.42.